The van der Waals surface area contributed by atoms with Crippen LogP contribution in [0.3, 0.4) is 0 Å². The van der Waals surface area contributed by atoms with Gasteiger partial charge in [-0.3, -0.25) is 4.79 Å². The van der Waals surface area contributed by atoms with Crippen LogP contribution in [0.2, 0.25) is 0 Å². The lowest BCUT2D eigenvalue weighted by atomic mass is 9.94. The van der Waals surface area contributed by atoms with Gasteiger partial charge >= 0.3 is 0 Å². The van der Waals surface area contributed by atoms with Crippen molar-refractivity contribution in [1.29, 1.82) is 0 Å². The number of nitrogens with two attached hydrogens (primary N) is 1. The maximum absolute atomic E-state index is 11.2. The Bertz CT molecular complexity index is 133. The van der Waals surface area contributed by atoms with Crippen LogP contribution in [-0.4, -0.2) is 11.3 Å². The molecule has 0 atom stereocenters. The molecule has 0 aromatic heterocycles. The first-order valence-electron chi connectivity index (χ1n) is 4.16. The molecule has 11 heavy (non-hydrogen) atoms. The summed E-state index contributed by atoms with van der Waals surface area (Å²) in [5, 5.41) is 0. The lowest BCUT2D eigenvalue weighted by molar-refractivity contribution is -0.123. The monoisotopic (exact) mass is 157 g/mol. The molecule has 0 saturated heterocycles. The first-order chi connectivity index (χ1) is 4.84. The van der Waals surface area contributed by atoms with Crippen LogP contribution in [-0.2, 0) is 4.79 Å². The fraction of sp³-hybridized carbons (Fsp3) is 0.889. The first kappa shape index (κ1) is 10.6. The predicted molar refractivity (Wildman–Crippen MR) is 47.3 cm³/mol. The van der Waals surface area contributed by atoms with Crippen LogP contribution in [0.5, 0.6) is 0 Å². The molecule has 0 heterocycles. The van der Waals surface area contributed by atoms with Crippen molar-refractivity contribution >= 4 is 5.78 Å². The number of ketones is 1. The second-order valence-corrected chi connectivity index (χ2v) is 4.08. The highest BCUT2D eigenvalue weighted by atomic mass is 16.1. The van der Waals surface area contributed by atoms with Gasteiger partial charge in [-0.25, -0.2) is 0 Å². The van der Waals surface area contributed by atoms with Gasteiger partial charge in [-0.15, -0.1) is 0 Å². The number of rotatable bonds is 4. The smallest absolute Gasteiger partial charge is 0.152 e. The lowest BCUT2D eigenvalue weighted by Crippen LogP contribution is -2.41. The Morgan fingerprint density at radius 1 is 1.45 bits per heavy atom. The van der Waals surface area contributed by atoms with Gasteiger partial charge in [-0.05, 0) is 26.2 Å². The van der Waals surface area contributed by atoms with Crippen molar-refractivity contribution in [3.8, 4) is 0 Å². The van der Waals surface area contributed by atoms with E-state index in [4.69, 9.17) is 5.73 Å². The molecule has 0 spiro atoms. The standard InChI is InChI=1S/C9H19NO/c1-7(2)5-6-8(11)9(3,4)10/h7H,5-6,10H2,1-4H3. The minimum Gasteiger partial charge on any atom is -0.319 e. The van der Waals surface area contributed by atoms with E-state index in [-0.39, 0.29) is 5.78 Å². The van der Waals surface area contributed by atoms with Crippen molar-refractivity contribution in [3.05, 3.63) is 0 Å². The zero-order chi connectivity index (χ0) is 9.07. The van der Waals surface area contributed by atoms with Crippen molar-refractivity contribution in [2.75, 3.05) is 0 Å². The molecule has 0 aliphatic carbocycles. The van der Waals surface area contributed by atoms with Crippen molar-refractivity contribution in [2.45, 2.75) is 46.1 Å². The van der Waals surface area contributed by atoms with E-state index >= 15 is 0 Å². The minimum atomic E-state index is -0.644. The van der Waals surface area contributed by atoms with Crippen LogP contribution < -0.4 is 5.73 Å². The summed E-state index contributed by atoms with van der Waals surface area (Å²) >= 11 is 0. The molecule has 0 bridgehead atoms. The van der Waals surface area contributed by atoms with Gasteiger partial charge in [0, 0.05) is 6.42 Å². The maximum Gasteiger partial charge on any atom is 0.152 e. The molecule has 0 rings (SSSR count). The second kappa shape index (κ2) is 3.86. The van der Waals surface area contributed by atoms with E-state index in [1.54, 1.807) is 13.8 Å². The summed E-state index contributed by atoms with van der Waals surface area (Å²) in [6.45, 7) is 7.74. The van der Waals surface area contributed by atoms with Crippen LogP contribution in [0.4, 0.5) is 0 Å². The summed E-state index contributed by atoms with van der Waals surface area (Å²) < 4.78 is 0. The molecular formula is C9H19NO. The zero-order valence-electron chi connectivity index (χ0n) is 7.98. The number of carbonyl (C=O) groups is 1. The van der Waals surface area contributed by atoms with Gasteiger partial charge < -0.3 is 5.73 Å². The van der Waals surface area contributed by atoms with Gasteiger partial charge in [0.2, 0.25) is 0 Å². The van der Waals surface area contributed by atoms with E-state index in [0.29, 0.717) is 12.3 Å². The summed E-state index contributed by atoms with van der Waals surface area (Å²) in [5.41, 5.74) is 4.97. The molecular weight excluding hydrogens is 138 g/mol. The number of carbonyl (C=O) groups excluding carboxylic acids is 1. The van der Waals surface area contributed by atoms with Gasteiger partial charge in [-0.1, -0.05) is 13.8 Å². The molecule has 0 aromatic rings. The lowest BCUT2D eigenvalue weighted by Gasteiger charge is -2.16. The minimum absolute atomic E-state index is 0.159. The van der Waals surface area contributed by atoms with Gasteiger partial charge in [0.25, 0.3) is 0 Å². The third-order valence-corrected chi connectivity index (χ3v) is 1.67. The summed E-state index contributed by atoms with van der Waals surface area (Å²) in [6, 6.07) is 0. The Morgan fingerprint density at radius 3 is 2.18 bits per heavy atom. The fourth-order valence-corrected chi connectivity index (χ4v) is 0.742. The zero-order valence-corrected chi connectivity index (χ0v) is 7.98. The molecule has 2 nitrogen and oxygen atoms in total. The van der Waals surface area contributed by atoms with E-state index in [9.17, 15) is 4.79 Å². The molecule has 0 aliphatic rings. The Balaban J connectivity index is 3.71. The molecule has 0 amide bonds. The molecule has 2 heteroatoms. The van der Waals surface area contributed by atoms with E-state index in [2.05, 4.69) is 13.8 Å². The summed E-state index contributed by atoms with van der Waals surface area (Å²) in [5.74, 6) is 0.743. The van der Waals surface area contributed by atoms with Crippen molar-refractivity contribution < 1.29 is 4.79 Å². The highest BCUT2D eigenvalue weighted by Gasteiger charge is 2.20. The third kappa shape index (κ3) is 4.96. The number of hydrogen-bond acceptors (Lipinski definition) is 2. The van der Waals surface area contributed by atoms with E-state index < -0.39 is 5.54 Å². The third-order valence-electron chi connectivity index (χ3n) is 1.67. The van der Waals surface area contributed by atoms with Gasteiger partial charge in [0.15, 0.2) is 5.78 Å². The molecule has 0 aliphatic heterocycles. The number of Topliss-reactive ketones (excluding diaryl/α,β-unsaturated/α-hetero) is 1. The largest absolute Gasteiger partial charge is 0.319 e. The molecule has 66 valence electrons. The molecule has 0 saturated carbocycles. The highest BCUT2D eigenvalue weighted by molar-refractivity contribution is 5.87. The quantitative estimate of drug-likeness (QED) is 0.675. The Hall–Kier alpha value is -0.370. The topological polar surface area (TPSA) is 43.1 Å². The normalized spacial score (nSPS) is 12.2. The van der Waals surface area contributed by atoms with E-state index in [1.165, 1.54) is 0 Å². The van der Waals surface area contributed by atoms with Gasteiger partial charge in [0.1, 0.15) is 0 Å². The van der Waals surface area contributed by atoms with Crippen molar-refractivity contribution in [2.24, 2.45) is 11.7 Å². The van der Waals surface area contributed by atoms with Crippen LogP contribution >= 0.6 is 0 Å². The van der Waals surface area contributed by atoms with Crippen molar-refractivity contribution in [3.63, 3.8) is 0 Å². The average Bonchev–Trinajstić information content (AvgIpc) is 1.80. The Labute approximate surface area is 69.2 Å². The summed E-state index contributed by atoms with van der Waals surface area (Å²) in [7, 11) is 0. The molecule has 2 N–H and O–H groups in total. The van der Waals surface area contributed by atoms with Gasteiger partial charge in [-0.2, -0.15) is 0 Å². The van der Waals surface area contributed by atoms with Gasteiger partial charge in [0.05, 0.1) is 5.54 Å². The molecule has 0 aromatic carbocycles. The van der Waals surface area contributed by atoms with Crippen LogP contribution in [0.1, 0.15) is 40.5 Å². The second-order valence-electron chi connectivity index (χ2n) is 4.08. The van der Waals surface area contributed by atoms with Crippen LogP contribution in [0.15, 0.2) is 0 Å². The predicted octanol–water partition coefficient (Wildman–Crippen LogP) is 1.73. The van der Waals surface area contributed by atoms with Crippen molar-refractivity contribution in [1.82, 2.24) is 0 Å². The molecule has 0 unspecified atom stereocenters. The molecule has 0 radical (unpaired) electrons. The Morgan fingerprint density at radius 2 is 1.91 bits per heavy atom. The summed E-state index contributed by atoms with van der Waals surface area (Å²) in [6.07, 6.45) is 1.56. The first-order valence-corrected chi connectivity index (χ1v) is 4.16. The Kier molecular flexibility index (Phi) is 3.73. The molecule has 0 fully saturated rings. The maximum atomic E-state index is 11.2. The average molecular weight is 157 g/mol. The van der Waals surface area contributed by atoms with Crippen LogP contribution in [0.25, 0.3) is 0 Å². The fourth-order valence-electron chi connectivity index (χ4n) is 0.742. The summed E-state index contributed by atoms with van der Waals surface area (Å²) in [4.78, 5) is 11.2. The van der Waals surface area contributed by atoms with E-state index in [0.717, 1.165) is 6.42 Å². The highest BCUT2D eigenvalue weighted by Crippen LogP contribution is 2.09. The SMILES string of the molecule is CC(C)CCC(=O)C(C)(C)N. The number of hydrogen-bond donors (Lipinski definition) is 1. The van der Waals surface area contributed by atoms with Crippen LogP contribution in [0, 0.1) is 5.92 Å². The van der Waals surface area contributed by atoms with E-state index in [1.807, 2.05) is 0 Å².